The Kier molecular flexibility index (Phi) is 9.09. The van der Waals surface area contributed by atoms with E-state index in [2.05, 4.69) is 10.3 Å². The first-order valence-electron chi connectivity index (χ1n) is 16.7. The Hall–Kier alpha value is -4.30. The number of ether oxygens (including phenoxy) is 3. The number of methoxy groups -OCH3 is 1. The smallest absolute Gasteiger partial charge is 0.338 e. The summed E-state index contributed by atoms with van der Waals surface area (Å²) in [7, 11) is 1.51. The number of anilines is 2. The normalized spacial score (nSPS) is 25.4. The molecule has 2 aliphatic heterocycles. The van der Waals surface area contributed by atoms with Crippen LogP contribution < -0.4 is 24.6 Å². The summed E-state index contributed by atoms with van der Waals surface area (Å²) in [4.78, 5) is 70.9. The first-order chi connectivity index (χ1) is 25.1. The van der Waals surface area contributed by atoms with Crippen molar-refractivity contribution in [3.8, 4) is 11.5 Å². The predicted octanol–water partition coefficient (Wildman–Crippen LogP) is 6.62. The number of benzene rings is 3. The number of carbonyl (C=O) groups excluding carboxylic acids is 4. The Morgan fingerprint density at radius 1 is 0.942 bits per heavy atom. The first kappa shape index (κ1) is 34.8. The molecule has 3 amide bonds. The Balaban J connectivity index is 1.06. The SMILES string of the molecule is CCOC(=O)c1ccc(N2C(=O)C3C4CC(C3C2=O)C2C4Sc3[nH]c(=O)sc3[C@@H]2c2ccc(OCC(=O)Nc3ccc(Cl)c(Cl)c3)c(OC)c2)cc1. The number of esters is 1. The minimum absolute atomic E-state index is 0.0103. The molecule has 0 radical (unpaired) electrons. The zero-order valence-corrected chi connectivity index (χ0v) is 30.9. The van der Waals surface area contributed by atoms with Crippen LogP contribution in [0.15, 0.2) is 70.5 Å². The Bertz CT molecular complexity index is 2190. The number of thiazole rings is 1. The molecule has 3 aromatic carbocycles. The lowest BCUT2D eigenvalue weighted by atomic mass is 9.68. The maximum Gasteiger partial charge on any atom is 0.338 e. The summed E-state index contributed by atoms with van der Waals surface area (Å²) < 4.78 is 16.7. The largest absolute Gasteiger partial charge is 0.493 e. The Morgan fingerprint density at radius 3 is 2.40 bits per heavy atom. The average molecular weight is 781 g/mol. The molecule has 1 aromatic heterocycles. The van der Waals surface area contributed by atoms with E-state index < -0.39 is 23.7 Å². The van der Waals surface area contributed by atoms with Crippen LogP contribution >= 0.6 is 46.3 Å². The highest BCUT2D eigenvalue weighted by atomic mass is 35.5. The van der Waals surface area contributed by atoms with Gasteiger partial charge in [-0.25, -0.2) is 4.79 Å². The first-order valence-corrected chi connectivity index (χ1v) is 19.1. The number of nitrogens with zero attached hydrogens (tertiary/aromatic N) is 1. The van der Waals surface area contributed by atoms with Gasteiger partial charge in [-0.1, -0.05) is 40.6 Å². The molecule has 0 spiro atoms. The summed E-state index contributed by atoms with van der Waals surface area (Å²) in [5, 5.41) is 4.19. The van der Waals surface area contributed by atoms with E-state index in [1.807, 2.05) is 12.1 Å². The molecule has 8 rings (SSSR count). The summed E-state index contributed by atoms with van der Waals surface area (Å²) in [6.07, 6.45) is 0.729. The molecule has 4 aliphatic rings. The number of amides is 3. The van der Waals surface area contributed by atoms with Gasteiger partial charge in [0.05, 0.1) is 51.9 Å². The number of carbonyl (C=O) groups is 4. The van der Waals surface area contributed by atoms with Gasteiger partial charge in [-0.05, 0) is 91.3 Å². The second-order valence-corrected chi connectivity index (χ2v) is 16.1. The number of thioether (sulfide) groups is 1. The fraction of sp³-hybridized carbons (Fsp3) is 0.324. The maximum absolute atomic E-state index is 14.2. The average Bonchev–Trinajstić information content (AvgIpc) is 3.87. The highest BCUT2D eigenvalue weighted by molar-refractivity contribution is 8.00. The number of nitrogens with one attached hydrogen (secondary N) is 2. The summed E-state index contributed by atoms with van der Waals surface area (Å²) in [6.45, 7) is 1.67. The van der Waals surface area contributed by atoms with Crippen molar-refractivity contribution in [2.45, 2.75) is 29.5 Å². The number of halogens is 2. The molecule has 15 heteroatoms. The third-order valence-electron chi connectivity index (χ3n) is 10.5. The number of H-pyrrole nitrogens is 1. The lowest BCUT2D eigenvalue weighted by Gasteiger charge is -2.43. The zero-order chi connectivity index (χ0) is 36.4. The van der Waals surface area contributed by atoms with Crippen LogP contribution in [0.5, 0.6) is 11.5 Å². The van der Waals surface area contributed by atoms with Crippen molar-refractivity contribution in [2.75, 3.05) is 30.5 Å². The number of rotatable bonds is 9. The third kappa shape index (κ3) is 5.78. The van der Waals surface area contributed by atoms with Crippen molar-refractivity contribution in [3.63, 3.8) is 0 Å². The van der Waals surface area contributed by atoms with Gasteiger partial charge in [0.1, 0.15) is 0 Å². The van der Waals surface area contributed by atoms with Crippen molar-refractivity contribution in [1.29, 1.82) is 0 Å². The standard InChI is InChI=1S/C37H31Cl2N3O8S2/c1-3-49-36(46)16-4-8-19(9-5-16)42-34(44)29-20-14-21(30(29)35(42)45)31-28(20)27(32-33(51-31)41-37(47)52-32)17-6-11-24(25(12-17)48-2)50-15-26(43)40-18-7-10-22(38)23(39)13-18/h4-13,20-21,27-31H,3,14-15H2,1-2H3,(H,40,43)(H,41,47)/t20?,21?,27-,28?,29?,30?,31?/m1/s1. The highest BCUT2D eigenvalue weighted by Crippen LogP contribution is 2.68. The van der Waals surface area contributed by atoms with Gasteiger partial charge in [0.2, 0.25) is 11.8 Å². The van der Waals surface area contributed by atoms with Crippen molar-refractivity contribution in [2.24, 2.45) is 29.6 Å². The van der Waals surface area contributed by atoms with Crippen LogP contribution in [0, 0.1) is 29.6 Å². The predicted molar refractivity (Wildman–Crippen MR) is 197 cm³/mol. The molecule has 11 nitrogen and oxygen atoms in total. The van der Waals surface area contributed by atoms with Gasteiger partial charge in [0.15, 0.2) is 18.1 Å². The fourth-order valence-corrected chi connectivity index (χ4v) is 11.7. The van der Waals surface area contributed by atoms with Crippen LogP contribution in [0.2, 0.25) is 10.0 Å². The number of hydrogen-bond donors (Lipinski definition) is 2. The number of aromatic amines is 1. The van der Waals surface area contributed by atoms with E-state index in [0.717, 1.165) is 33.2 Å². The van der Waals surface area contributed by atoms with E-state index in [1.54, 1.807) is 67.2 Å². The van der Waals surface area contributed by atoms with E-state index in [0.29, 0.717) is 38.5 Å². The van der Waals surface area contributed by atoms with E-state index in [-0.39, 0.29) is 58.8 Å². The van der Waals surface area contributed by atoms with Gasteiger partial charge in [-0.15, -0.1) is 11.8 Å². The number of fused-ring (bicyclic) bond motifs is 9. The van der Waals surface area contributed by atoms with Gasteiger partial charge in [-0.3, -0.25) is 24.1 Å². The monoisotopic (exact) mass is 779 g/mol. The summed E-state index contributed by atoms with van der Waals surface area (Å²) in [5.41, 5.74) is 2.12. The van der Waals surface area contributed by atoms with Crippen LogP contribution in [-0.2, 0) is 19.1 Å². The molecule has 2 aliphatic carbocycles. The molecule has 3 heterocycles. The molecule has 2 bridgehead atoms. The molecule has 7 atom stereocenters. The molecular weight excluding hydrogens is 749 g/mol. The lowest BCUT2D eigenvalue weighted by molar-refractivity contribution is -0.123. The van der Waals surface area contributed by atoms with Crippen molar-refractivity contribution >= 4 is 81.4 Å². The van der Waals surface area contributed by atoms with E-state index in [1.165, 1.54) is 12.0 Å². The molecule has 1 saturated heterocycles. The van der Waals surface area contributed by atoms with Crippen LogP contribution in [-0.4, -0.2) is 54.2 Å². The molecule has 6 unspecified atom stereocenters. The van der Waals surface area contributed by atoms with Crippen LogP contribution in [0.3, 0.4) is 0 Å². The number of aromatic nitrogens is 1. The van der Waals surface area contributed by atoms with Crippen molar-refractivity contribution < 1.29 is 33.4 Å². The fourth-order valence-electron chi connectivity index (χ4n) is 8.52. The summed E-state index contributed by atoms with van der Waals surface area (Å²) >= 11 is 14.8. The van der Waals surface area contributed by atoms with Gasteiger partial charge >= 0.3 is 10.8 Å². The minimum atomic E-state index is -0.498. The maximum atomic E-state index is 14.2. The molecular formula is C37H31Cl2N3O8S2. The van der Waals surface area contributed by atoms with E-state index in [9.17, 15) is 24.0 Å². The van der Waals surface area contributed by atoms with Crippen LogP contribution in [0.4, 0.5) is 11.4 Å². The molecule has 268 valence electrons. The quantitative estimate of drug-likeness (QED) is 0.141. The third-order valence-corrected chi connectivity index (χ3v) is 13.8. The second-order valence-electron chi connectivity index (χ2n) is 13.1. The molecule has 2 N–H and O–H groups in total. The zero-order valence-electron chi connectivity index (χ0n) is 27.7. The second kappa shape index (κ2) is 13.6. The van der Waals surface area contributed by atoms with Crippen molar-refractivity contribution in [1.82, 2.24) is 4.98 Å². The molecule has 52 heavy (non-hydrogen) atoms. The molecule has 2 saturated carbocycles. The minimum Gasteiger partial charge on any atom is -0.493 e. The van der Waals surface area contributed by atoms with Crippen LogP contribution in [0.25, 0.3) is 0 Å². The number of hydrogen-bond acceptors (Lipinski definition) is 10. The Morgan fingerprint density at radius 2 is 1.69 bits per heavy atom. The van der Waals surface area contributed by atoms with Gasteiger partial charge in [-0.2, -0.15) is 0 Å². The number of imide groups is 1. The summed E-state index contributed by atoms with van der Waals surface area (Å²) in [6, 6.07) is 16.6. The van der Waals surface area contributed by atoms with E-state index >= 15 is 0 Å². The van der Waals surface area contributed by atoms with Gasteiger partial charge in [0.25, 0.3) is 5.91 Å². The topological polar surface area (TPSA) is 144 Å². The van der Waals surface area contributed by atoms with E-state index in [4.69, 9.17) is 37.4 Å². The van der Waals surface area contributed by atoms with Crippen LogP contribution in [0.1, 0.15) is 40.1 Å². The Labute approximate surface area is 315 Å². The molecule has 4 aromatic rings. The summed E-state index contributed by atoms with van der Waals surface area (Å²) in [5.74, 6) is -1.99. The molecule has 3 fully saturated rings. The van der Waals surface area contributed by atoms with Gasteiger partial charge < -0.3 is 24.5 Å². The highest BCUT2D eigenvalue weighted by Gasteiger charge is 2.69. The lowest BCUT2D eigenvalue weighted by Crippen LogP contribution is -2.42. The van der Waals surface area contributed by atoms with Crippen molar-refractivity contribution in [3.05, 3.63) is 96.4 Å². The van der Waals surface area contributed by atoms with Gasteiger partial charge in [0, 0.05) is 21.7 Å².